The summed E-state index contributed by atoms with van der Waals surface area (Å²) in [5, 5.41) is 0. The second-order valence-corrected chi connectivity index (χ2v) is 6.07. The number of benzene rings is 1. The molecule has 0 aromatic heterocycles. The number of methoxy groups -OCH3 is 2. The number of halogens is 1. The van der Waals surface area contributed by atoms with Crippen molar-refractivity contribution in [1.82, 2.24) is 4.90 Å². The fourth-order valence-electron chi connectivity index (χ4n) is 2.77. The van der Waals surface area contributed by atoms with Crippen molar-refractivity contribution in [2.24, 2.45) is 5.73 Å². The topological polar surface area (TPSA) is 83.2 Å². The molecule has 2 atom stereocenters. The number of amides is 1. The Balaban J connectivity index is 0.00000338. The zero-order valence-corrected chi connectivity index (χ0v) is 16.4. The van der Waals surface area contributed by atoms with Gasteiger partial charge < -0.3 is 29.6 Å². The number of rotatable bonds is 9. The van der Waals surface area contributed by atoms with Gasteiger partial charge in [0.05, 0.1) is 26.9 Å². The van der Waals surface area contributed by atoms with E-state index in [1.807, 2.05) is 0 Å². The van der Waals surface area contributed by atoms with Gasteiger partial charge >= 0.3 is 0 Å². The molecule has 0 radical (unpaired) electrons. The summed E-state index contributed by atoms with van der Waals surface area (Å²) in [6, 6.07) is 5.39. The quantitative estimate of drug-likeness (QED) is 0.650. The van der Waals surface area contributed by atoms with Crippen LogP contribution in [0.15, 0.2) is 18.2 Å². The van der Waals surface area contributed by atoms with Crippen LogP contribution in [0.25, 0.3) is 0 Å². The molecule has 0 spiro atoms. The summed E-state index contributed by atoms with van der Waals surface area (Å²) in [7, 11) is 4.98. The summed E-state index contributed by atoms with van der Waals surface area (Å²) in [6.45, 7) is 1.56. The Bertz CT molecular complexity index is 550. The molecule has 7 nitrogen and oxygen atoms in total. The minimum absolute atomic E-state index is 0. The molecule has 148 valence electrons. The van der Waals surface area contributed by atoms with Crippen LogP contribution in [0.5, 0.6) is 17.2 Å². The van der Waals surface area contributed by atoms with Crippen LogP contribution in [0.3, 0.4) is 0 Å². The number of hydrogen-bond acceptors (Lipinski definition) is 6. The van der Waals surface area contributed by atoms with Crippen LogP contribution in [0.4, 0.5) is 0 Å². The highest BCUT2D eigenvalue weighted by Crippen LogP contribution is 2.27. The number of nitrogens with two attached hydrogens (primary N) is 1. The van der Waals surface area contributed by atoms with Gasteiger partial charge in [-0.1, -0.05) is 0 Å². The number of ether oxygens (including phenoxy) is 4. The van der Waals surface area contributed by atoms with Gasteiger partial charge in [0.1, 0.15) is 23.4 Å². The van der Waals surface area contributed by atoms with Crippen molar-refractivity contribution in [1.29, 1.82) is 0 Å². The van der Waals surface area contributed by atoms with Crippen molar-refractivity contribution in [2.75, 3.05) is 41.0 Å². The molecule has 8 heteroatoms. The van der Waals surface area contributed by atoms with Crippen LogP contribution in [0, 0.1) is 0 Å². The summed E-state index contributed by atoms with van der Waals surface area (Å²) < 4.78 is 21.8. The predicted molar refractivity (Wildman–Crippen MR) is 101 cm³/mol. The fourth-order valence-corrected chi connectivity index (χ4v) is 2.77. The highest BCUT2D eigenvalue weighted by atomic mass is 35.5. The summed E-state index contributed by atoms with van der Waals surface area (Å²) in [5.74, 6) is 2.04. The van der Waals surface area contributed by atoms with Gasteiger partial charge in [0.25, 0.3) is 5.91 Å². The molecule has 2 rings (SSSR count). The Morgan fingerprint density at radius 1 is 1.19 bits per heavy atom. The van der Waals surface area contributed by atoms with Gasteiger partial charge in [-0.3, -0.25) is 4.79 Å². The molecule has 1 aliphatic heterocycles. The number of hydrogen-bond donors (Lipinski definition) is 1. The number of likely N-dealkylation sites (N-methyl/N-ethyl adjacent to an activating group) is 1. The Hall–Kier alpha value is -1.70. The largest absolute Gasteiger partial charge is 0.496 e. The van der Waals surface area contributed by atoms with E-state index in [2.05, 4.69) is 0 Å². The first-order chi connectivity index (χ1) is 12.1. The smallest absolute Gasteiger partial charge is 0.251 e. The molecule has 1 aromatic carbocycles. The molecule has 1 amide bonds. The maximum atomic E-state index is 12.3. The van der Waals surface area contributed by atoms with Crippen molar-refractivity contribution >= 4 is 18.3 Å². The van der Waals surface area contributed by atoms with E-state index in [1.165, 1.54) is 0 Å². The second kappa shape index (κ2) is 11.1. The van der Waals surface area contributed by atoms with E-state index in [4.69, 9.17) is 24.7 Å². The van der Waals surface area contributed by atoms with Crippen LogP contribution in [0.2, 0.25) is 0 Å². The zero-order valence-electron chi connectivity index (χ0n) is 15.6. The van der Waals surface area contributed by atoms with Crippen molar-refractivity contribution in [3.8, 4) is 17.2 Å². The molecule has 2 N–H and O–H groups in total. The van der Waals surface area contributed by atoms with Crippen LogP contribution in [-0.4, -0.2) is 64.0 Å². The van der Waals surface area contributed by atoms with Crippen LogP contribution < -0.4 is 19.9 Å². The normalized spacial score (nSPS) is 18.8. The van der Waals surface area contributed by atoms with Gasteiger partial charge in [0.15, 0.2) is 0 Å². The van der Waals surface area contributed by atoms with Crippen molar-refractivity contribution in [2.45, 2.75) is 31.5 Å². The van der Waals surface area contributed by atoms with E-state index < -0.39 is 0 Å². The minimum Gasteiger partial charge on any atom is -0.496 e. The molecule has 1 aromatic rings. The minimum atomic E-state index is -0.359. The van der Waals surface area contributed by atoms with Gasteiger partial charge in [0, 0.05) is 38.3 Å². The molecule has 26 heavy (non-hydrogen) atoms. The van der Waals surface area contributed by atoms with E-state index in [0.29, 0.717) is 36.9 Å². The van der Waals surface area contributed by atoms with Gasteiger partial charge in [0.2, 0.25) is 0 Å². The summed E-state index contributed by atoms with van der Waals surface area (Å²) in [4.78, 5) is 14.0. The second-order valence-electron chi connectivity index (χ2n) is 6.07. The Labute approximate surface area is 161 Å². The summed E-state index contributed by atoms with van der Waals surface area (Å²) in [6.07, 6.45) is 1.96. The first kappa shape index (κ1) is 22.3. The van der Waals surface area contributed by atoms with Crippen LogP contribution in [-0.2, 0) is 9.53 Å². The van der Waals surface area contributed by atoms with E-state index in [9.17, 15) is 4.79 Å². The maximum absolute atomic E-state index is 12.3. The molecule has 0 aliphatic carbocycles. The molecule has 0 unspecified atom stereocenters. The van der Waals surface area contributed by atoms with Gasteiger partial charge in [-0.25, -0.2) is 0 Å². The summed E-state index contributed by atoms with van der Waals surface area (Å²) in [5.41, 5.74) is 5.58. The average molecular weight is 389 g/mol. The van der Waals surface area contributed by atoms with E-state index in [0.717, 1.165) is 19.3 Å². The zero-order chi connectivity index (χ0) is 18.2. The lowest BCUT2D eigenvalue weighted by Crippen LogP contribution is -2.38. The lowest BCUT2D eigenvalue weighted by molar-refractivity contribution is -0.141. The number of nitrogens with zero attached hydrogens (tertiary/aromatic N) is 1. The summed E-state index contributed by atoms with van der Waals surface area (Å²) >= 11 is 0. The van der Waals surface area contributed by atoms with E-state index >= 15 is 0 Å². The van der Waals surface area contributed by atoms with Crippen molar-refractivity contribution < 1.29 is 23.7 Å². The van der Waals surface area contributed by atoms with Gasteiger partial charge in [-0.05, 0) is 19.3 Å². The third-order valence-corrected chi connectivity index (χ3v) is 4.25. The Kier molecular flexibility index (Phi) is 9.54. The van der Waals surface area contributed by atoms with Gasteiger partial charge in [-0.15, -0.1) is 12.4 Å². The van der Waals surface area contributed by atoms with Crippen molar-refractivity contribution in [3.63, 3.8) is 0 Å². The molecule has 1 saturated heterocycles. The van der Waals surface area contributed by atoms with Crippen LogP contribution >= 0.6 is 12.4 Å². The molecule has 1 heterocycles. The SMILES string of the molecule is COc1cc(OC)cc(OCCCN(C)C(=O)[C@@H]2CC[C@H](CN)O2)c1.Cl. The Morgan fingerprint density at radius 2 is 1.81 bits per heavy atom. The standard InChI is InChI=1S/C18H28N2O5.ClH/c1-20(18(21)17-6-5-13(12-19)25-17)7-4-8-24-16-10-14(22-2)9-15(11-16)23-3;/h9-11,13,17H,4-8,12,19H2,1-3H3;1H/t13-,17+;/m1./s1. The number of carbonyl (C=O) groups is 1. The fraction of sp³-hybridized carbons (Fsp3) is 0.611. The lowest BCUT2D eigenvalue weighted by atomic mass is 10.2. The third kappa shape index (κ3) is 6.23. The molecule has 0 saturated carbocycles. The molecule has 1 fully saturated rings. The van der Waals surface area contributed by atoms with E-state index in [-0.39, 0.29) is 30.5 Å². The molecule has 1 aliphatic rings. The maximum Gasteiger partial charge on any atom is 0.251 e. The van der Waals surface area contributed by atoms with Crippen LogP contribution in [0.1, 0.15) is 19.3 Å². The molecular weight excluding hydrogens is 360 g/mol. The number of carbonyl (C=O) groups excluding carboxylic acids is 1. The first-order valence-electron chi connectivity index (χ1n) is 8.53. The molecule has 0 bridgehead atoms. The van der Waals surface area contributed by atoms with E-state index in [1.54, 1.807) is 44.4 Å². The highest BCUT2D eigenvalue weighted by Gasteiger charge is 2.31. The third-order valence-electron chi connectivity index (χ3n) is 4.25. The average Bonchev–Trinajstić information content (AvgIpc) is 3.13. The monoisotopic (exact) mass is 388 g/mol. The molecular formula is C18H29ClN2O5. The Morgan fingerprint density at radius 3 is 2.35 bits per heavy atom. The predicted octanol–water partition coefficient (Wildman–Crippen LogP) is 1.86. The van der Waals surface area contributed by atoms with Crippen molar-refractivity contribution in [3.05, 3.63) is 18.2 Å². The first-order valence-corrected chi connectivity index (χ1v) is 8.53. The van der Waals surface area contributed by atoms with Gasteiger partial charge in [-0.2, -0.15) is 0 Å². The highest BCUT2D eigenvalue weighted by molar-refractivity contribution is 5.85. The lowest BCUT2D eigenvalue weighted by Gasteiger charge is -2.21.